The lowest BCUT2D eigenvalue weighted by molar-refractivity contribution is -0.0339. The molecule has 0 aromatic heterocycles. The van der Waals surface area contributed by atoms with Gasteiger partial charge >= 0.3 is 0 Å². The van der Waals surface area contributed by atoms with Crippen LogP contribution in [-0.2, 0) is 0 Å². The van der Waals surface area contributed by atoms with Crippen molar-refractivity contribution >= 4 is 5.69 Å². The third kappa shape index (κ3) is 6.23. The minimum atomic E-state index is -0.565. The Morgan fingerprint density at radius 2 is 1.73 bits per heavy atom. The molecule has 1 atom stereocenters. The minimum Gasteiger partial charge on any atom is -0.494 e. The van der Waals surface area contributed by atoms with Gasteiger partial charge in [0.15, 0.2) is 0 Å². The van der Waals surface area contributed by atoms with Crippen LogP contribution < -0.4 is 9.64 Å². The SMILES string of the molecule is CCCCOc1ccc(N(C)CCC2(O)CCN(C(C)c3ccccc3)CC2)cc1. The lowest BCUT2D eigenvalue weighted by Gasteiger charge is -2.41. The Kier molecular flexibility index (Phi) is 8.17. The maximum atomic E-state index is 11.1. The highest BCUT2D eigenvalue weighted by Crippen LogP contribution is 2.31. The van der Waals surface area contributed by atoms with Gasteiger partial charge in [0.2, 0.25) is 0 Å². The molecule has 1 heterocycles. The molecule has 1 saturated heterocycles. The number of benzene rings is 2. The highest BCUT2D eigenvalue weighted by atomic mass is 16.5. The number of anilines is 1. The van der Waals surface area contributed by atoms with Crippen molar-refractivity contribution < 1.29 is 9.84 Å². The van der Waals surface area contributed by atoms with Crippen molar-refractivity contribution in [2.45, 2.75) is 57.6 Å². The number of piperidine rings is 1. The number of ether oxygens (including phenoxy) is 1. The summed E-state index contributed by atoms with van der Waals surface area (Å²) in [6.45, 7) is 7.95. The fourth-order valence-corrected chi connectivity index (χ4v) is 4.16. The van der Waals surface area contributed by atoms with Crippen LogP contribution in [0.25, 0.3) is 0 Å². The Balaban J connectivity index is 1.45. The second kappa shape index (κ2) is 10.8. The summed E-state index contributed by atoms with van der Waals surface area (Å²) in [6, 6.07) is 19.4. The van der Waals surface area contributed by atoms with Gasteiger partial charge in [-0.3, -0.25) is 4.90 Å². The summed E-state index contributed by atoms with van der Waals surface area (Å²) in [5.41, 5.74) is 1.95. The normalized spacial score (nSPS) is 17.5. The summed E-state index contributed by atoms with van der Waals surface area (Å²) >= 11 is 0. The van der Waals surface area contributed by atoms with Crippen molar-refractivity contribution in [2.75, 3.05) is 38.2 Å². The number of aliphatic hydroxyl groups is 1. The Morgan fingerprint density at radius 3 is 2.37 bits per heavy atom. The van der Waals surface area contributed by atoms with Gasteiger partial charge in [-0.2, -0.15) is 0 Å². The van der Waals surface area contributed by atoms with Crippen molar-refractivity contribution in [2.24, 2.45) is 0 Å². The van der Waals surface area contributed by atoms with E-state index in [-0.39, 0.29) is 0 Å². The summed E-state index contributed by atoms with van der Waals surface area (Å²) in [4.78, 5) is 4.72. The molecule has 30 heavy (non-hydrogen) atoms. The van der Waals surface area contributed by atoms with Gasteiger partial charge in [0.25, 0.3) is 0 Å². The first-order chi connectivity index (χ1) is 14.5. The van der Waals surface area contributed by atoms with Gasteiger partial charge < -0.3 is 14.7 Å². The van der Waals surface area contributed by atoms with E-state index in [1.807, 2.05) is 12.1 Å². The largest absolute Gasteiger partial charge is 0.494 e. The minimum absolute atomic E-state index is 0.400. The second-order valence-electron chi connectivity index (χ2n) is 8.71. The standard InChI is InChI=1S/C26H38N2O2/c1-4-5-21-30-25-13-11-24(12-14-25)27(3)18-15-26(29)16-19-28(20-17-26)22(2)23-9-7-6-8-10-23/h6-14,22,29H,4-5,15-21H2,1-3H3. The molecule has 0 bridgehead atoms. The summed E-state index contributed by atoms with van der Waals surface area (Å²) in [7, 11) is 2.10. The molecule has 1 unspecified atom stereocenters. The molecule has 164 valence electrons. The van der Waals surface area contributed by atoms with Gasteiger partial charge in [-0.05, 0) is 62.4 Å². The summed E-state index contributed by atoms with van der Waals surface area (Å²) < 4.78 is 5.75. The molecule has 0 saturated carbocycles. The number of hydrogen-bond donors (Lipinski definition) is 1. The second-order valence-corrected chi connectivity index (χ2v) is 8.71. The van der Waals surface area contributed by atoms with Crippen LogP contribution in [0.1, 0.15) is 57.6 Å². The van der Waals surface area contributed by atoms with Gasteiger partial charge in [0, 0.05) is 38.4 Å². The van der Waals surface area contributed by atoms with Gasteiger partial charge in [-0.1, -0.05) is 43.7 Å². The van der Waals surface area contributed by atoms with Crippen LogP contribution in [0.15, 0.2) is 54.6 Å². The van der Waals surface area contributed by atoms with Crippen LogP contribution in [-0.4, -0.2) is 48.9 Å². The van der Waals surface area contributed by atoms with E-state index in [0.29, 0.717) is 6.04 Å². The van der Waals surface area contributed by atoms with E-state index in [0.717, 1.165) is 69.8 Å². The van der Waals surface area contributed by atoms with Gasteiger partial charge in [-0.25, -0.2) is 0 Å². The summed E-state index contributed by atoms with van der Waals surface area (Å²) in [6.07, 6.45) is 4.70. The maximum Gasteiger partial charge on any atom is 0.119 e. The van der Waals surface area contributed by atoms with E-state index in [1.54, 1.807) is 0 Å². The molecule has 1 aliphatic heterocycles. The lowest BCUT2D eigenvalue weighted by Crippen LogP contribution is -2.46. The Hall–Kier alpha value is -2.04. The van der Waals surface area contributed by atoms with E-state index in [1.165, 1.54) is 5.56 Å². The number of unbranched alkanes of at least 4 members (excludes halogenated alkanes) is 1. The van der Waals surface area contributed by atoms with Gasteiger partial charge in [-0.15, -0.1) is 0 Å². The molecule has 1 fully saturated rings. The van der Waals surface area contributed by atoms with Crippen molar-refractivity contribution in [3.63, 3.8) is 0 Å². The van der Waals surface area contributed by atoms with E-state index in [2.05, 4.69) is 73.2 Å². The van der Waals surface area contributed by atoms with Crippen molar-refractivity contribution in [1.29, 1.82) is 0 Å². The topological polar surface area (TPSA) is 35.9 Å². The quantitative estimate of drug-likeness (QED) is 0.541. The van der Waals surface area contributed by atoms with Gasteiger partial charge in [0.1, 0.15) is 5.75 Å². The van der Waals surface area contributed by atoms with E-state index < -0.39 is 5.60 Å². The zero-order valence-corrected chi connectivity index (χ0v) is 18.9. The van der Waals surface area contributed by atoms with Crippen LogP contribution in [0.3, 0.4) is 0 Å². The van der Waals surface area contributed by atoms with E-state index in [4.69, 9.17) is 4.74 Å². The summed E-state index contributed by atoms with van der Waals surface area (Å²) in [5.74, 6) is 0.930. The first-order valence-corrected chi connectivity index (χ1v) is 11.5. The molecule has 4 nitrogen and oxygen atoms in total. The zero-order valence-electron chi connectivity index (χ0n) is 18.9. The molecule has 1 N–H and O–H groups in total. The fraction of sp³-hybridized carbons (Fsp3) is 0.538. The molecule has 0 radical (unpaired) electrons. The van der Waals surface area contributed by atoms with E-state index in [9.17, 15) is 5.11 Å². The highest BCUT2D eigenvalue weighted by molar-refractivity contribution is 5.48. The molecular weight excluding hydrogens is 372 g/mol. The van der Waals surface area contributed by atoms with Crippen LogP contribution in [0.5, 0.6) is 5.75 Å². The highest BCUT2D eigenvalue weighted by Gasteiger charge is 2.33. The number of nitrogens with zero attached hydrogens (tertiary/aromatic N) is 2. The first kappa shape index (κ1) is 22.6. The fourth-order valence-electron chi connectivity index (χ4n) is 4.16. The summed E-state index contributed by atoms with van der Waals surface area (Å²) in [5, 5.41) is 11.1. The monoisotopic (exact) mass is 410 g/mol. The van der Waals surface area contributed by atoms with Crippen LogP contribution in [0.2, 0.25) is 0 Å². The molecule has 4 heteroatoms. The predicted molar refractivity (Wildman–Crippen MR) is 125 cm³/mol. The predicted octanol–water partition coefficient (Wildman–Crippen LogP) is 5.28. The molecule has 0 spiro atoms. The van der Waals surface area contributed by atoms with Gasteiger partial charge in [0.05, 0.1) is 12.2 Å². The lowest BCUT2D eigenvalue weighted by atomic mass is 9.87. The molecule has 3 rings (SSSR count). The molecular formula is C26H38N2O2. The Labute approximate surface area is 182 Å². The van der Waals surface area contributed by atoms with E-state index >= 15 is 0 Å². The molecule has 1 aliphatic rings. The molecule has 2 aromatic rings. The van der Waals surface area contributed by atoms with Crippen LogP contribution in [0, 0.1) is 0 Å². The maximum absolute atomic E-state index is 11.1. The number of likely N-dealkylation sites (tertiary alicyclic amines) is 1. The van der Waals surface area contributed by atoms with Crippen molar-refractivity contribution in [1.82, 2.24) is 4.90 Å². The van der Waals surface area contributed by atoms with Crippen molar-refractivity contribution in [3.05, 3.63) is 60.2 Å². The Morgan fingerprint density at radius 1 is 1.07 bits per heavy atom. The number of hydrogen-bond acceptors (Lipinski definition) is 4. The average Bonchev–Trinajstić information content (AvgIpc) is 2.79. The Bertz CT molecular complexity index is 739. The zero-order chi connectivity index (χ0) is 21.4. The average molecular weight is 411 g/mol. The smallest absolute Gasteiger partial charge is 0.119 e. The first-order valence-electron chi connectivity index (χ1n) is 11.5. The van der Waals surface area contributed by atoms with Crippen LogP contribution in [0.4, 0.5) is 5.69 Å². The van der Waals surface area contributed by atoms with Crippen LogP contribution >= 0.6 is 0 Å². The third-order valence-electron chi connectivity index (χ3n) is 6.52. The van der Waals surface area contributed by atoms with Crippen molar-refractivity contribution in [3.8, 4) is 5.75 Å². The third-order valence-corrected chi connectivity index (χ3v) is 6.52. The molecule has 0 aliphatic carbocycles. The molecule has 2 aromatic carbocycles. The molecule has 0 amide bonds. The number of rotatable bonds is 10.